The Morgan fingerprint density at radius 2 is 1.89 bits per heavy atom. The van der Waals surface area contributed by atoms with Gasteiger partial charge in [0.2, 0.25) is 4.96 Å². The maximum Gasteiger partial charge on any atom is 0.212 e. The summed E-state index contributed by atoms with van der Waals surface area (Å²) in [6.45, 7) is 6.83. The monoisotopic (exact) mass is 272 g/mol. The molecule has 19 heavy (non-hydrogen) atoms. The predicted octanol–water partition coefficient (Wildman–Crippen LogP) is 2.84. The highest BCUT2D eigenvalue weighted by atomic mass is 32.1. The molecule has 0 aliphatic rings. The van der Waals surface area contributed by atoms with Gasteiger partial charge in [0.05, 0.1) is 11.9 Å². The number of hydrogen-bond donors (Lipinski definition) is 1. The van der Waals surface area contributed by atoms with E-state index in [1.165, 1.54) is 22.3 Å². The second-order valence-corrected chi connectivity index (χ2v) is 5.87. The van der Waals surface area contributed by atoms with Gasteiger partial charge in [0.25, 0.3) is 0 Å². The molecule has 0 fully saturated rings. The van der Waals surface area contributed by atoms with E-state index in [2.05, 4.69) is 43.0 Å². The number of benzene rings is 1. The van der Waals surface area contributed by atoms with Crippen molar-refractivity contribution in [2.75, 3.05) is 0 Å². The molecule has 2 aromatic heterocycles. The lowest BCUT2D eigenvalue weighted by Crippen LogP contribution is -1.96. The molecule has 1 aromatic carbocycles. The van der Waals surface area contributed by atoms with Gasteiger partial charge in [-0.1, -0.05) is 29.0 Å². The number of fused-ring (bicyclic) bond motifs is 1. The van der Waals surface area contributed by atoms with E-state index < -0.39 is 0 Å². The predicted molar refractivity (Wildman–Crippen MR) is 78.4 cm³/mol. The molecule has 0 aliphatic heterocycles. The fraction of sp³-hybridized carbons (Fsp3) is 0.286. The summed E-state index contributed by atoms with van der Waals surface area (Å²) in [6, 6.07) is 4.38. The molecule has 3 aromatic rings. The van der Waals surface area contributed by atoms with Crippen molar-refractivity contribution in [2.24, 2.45) is 5.73 Å². The third kappa shape index (κ3) is 2.05. The molecule has 0 aliphatic carbocycles. The molecule has 3 rings (SSSR count). The second kappa shape index (κ2) is 4.43. The molecule has 4 nitrogen and oxygen atoms in total. The average molecular weight is 272 g/mol. The van der Waals surface area contributed by atoms with Crippen LogP contribution in [0.4, 0.5) is 0 Å². The van der Waals surface area contributed by atoms with Crippen LogP contribution in [0.25, 0.3) is 16.2 Å². The van der Waals surface area contributed by atoms with Gasteiger partial charge in [-0.15, -0.1) is 0 Å². The van der Waals surface area contributed by atoms with Crippen LogP contribution in [-0.4, -0.2) is 14.6 Å². The first-order chi connectivity index (χ1) is 9.08. The van der Waals surface area contributed by atoms with Crippen LogP contribution in [0.2, 0.25) is 0 Å². The van der Waals surface area contributed by atoms with E-state index in [1.807, 2.05) is 10.7 Å². The minimum absolute atomic E-state index is 0.464. The highest BCUT2D eigenvalue weighted by Gasteiger charge is 2.13. The van der Waals surface area contributed by atoms with E-state index in [4.69, 9.17) is 5.73 Å². The Kier molecular flexibility index (Phi) is 2.88. The Hall–Kier alpha value is -1.72. The molecule has 0 radical (unpaired) electrons. The molecule has 0 unspecified atom stereocenters. The maximum absolute atomic E-state index is 5.59. The Balaban J connectivity index is 2.16. The van der Waals surface area contributed by atoms with Crippen LogP contribution >= 0.6 is 11.3 Å². The number of hydrogen-bond acceptors (Lipinski definition) is 4. The topological polar surface area (TPSA) is 56.2 Å². The van der Waals surface area contributed by atoms with Crippen LogP contribution in [0.5, 0.6) is 0 Å². The van der Waals surface area contributed by atoms with Crippen molar-refractivity contribution in [3.63, 3.8) is 0 Å². The van der Waals surface area contributed by atoms with E-state index in [-0.39, 0.29) is 0 Å². The molecule has 5 heteroatoms. The van der Waals surface area contributed by atoms with Gasteiger partial charge in [-0.3, -0.25) is 0 Å². The van der Waals surface area contributed by atoms with Crippen LogP contribution in [-0.2, 0) is 6.54 Å². The molecular formula is C14H16N4S. The fourth-order valence-electron chi connectivity index (χ4n) is 2.53. The lowest BCUT2D eigenvalue weighted by atomic mass is 9.98. The van der Waals surface area contributed by atoms with Gasteiger partial charge in [-0.2, -0.15) is 5.10 Å². The van der Waals surface area contributed by atoms with Crippen LogP contribution in [0.3, 0.4) is 0 Å². The van der Waals surface area contributed by atoms with Crippen LogP contribution in [0.15, 0.2) is 18.3 Å². The lowest BCUT2D eigenvalue weighted by Gasteiger charge is -2.08. The summed E-state index contributed by atoms with van der Waals surface area (Å²) in [4.78, 5) is 5.56. The third-order valence-corrected chi connectivity index (χ3v) is 4.14. The molecule has 0 saturated carbocycles. The number of nitrogens with zero attached hydrogens (tertiary/aromatic N) is 3. The van der Waals surface area contributed by atoms with Crippen molar-refractivity contribution in [1.82, 2.24) is 14.6 Å². The largest absolute Gasteiger partial charge is 0.324 e. The van der Waals surface area contributed by atoms with Crippen molar-refractivity contribution in [2.45, 2.75) is 27.3 Å². The van der Waals surface area contributed by atoms with E-state index in [1.54, 1.807) is 11.3 Å². The SMILES string of the molecule is Cc1cc(C)c(-c2cn3nc(CN)sc3n2)c(C)c1. The first-order valence-electron chi connectivity index (χ1n) is 6.22. The number of aromatic nitrogens is 3. The number of aryl methyl sites for hydroxylation is 3. The Morgan fingerprint density at radius 1 is 1.21 bits per heavy atom. The quantitative estimate of drug-likeness (QED) is 0.780. The van der Waals surface area contributed by atoms with Gasteiger partial charge >= 0.3 is 0 Å². The van der Waals surface area contributed by atoms with Crippen LogP contribution in [0, 0.1) is 20.8 Å². The van der Waals surface area contributed by atoms with E-state index in [9.17, 15) is 0 Å². The van der Waals surface area contributed by atoms with Gasteiger partial charge in [0.15, 0.2) is 0 Å². The molecule has 0 spiro atoms. The highest BCUT2D eigenvalue weighted by molar-refractivity contribution is 7.16. The van der Waals surface area contributed by atoms with Crippen molar-refractivity contribution >= 4 is 16.3 Å². The zero-order valence-electron chi connectivity index (χ0n) is 11.3. The molecule has 0 amide bonds. The summed E-state index contributed by atoms with van der Waals surface area (Å²) in [6.07, 6.45) is 1.98. The van der Waals surface area contributed by atoms with Crippen molar-refractivity contribution < 1.29 is 0 Å². The summed E-state index contributed by atoms with van der Waals surface area (Å²) in [7, 11) is 0. The summed E-state index contributed by atoms with van der Waals surface area (Å²) < 4.78 is 1.82. The highest BCUT2D eigenvalue weighted by Crippen LogP contribution is 2.28. The second-order valence-electron chi connectivity index (χ2n) is 4.83. The van der Waals surface area contributed by atoms with Gasteiger partial charge in [-0.05, 0) is 31.9 Å². The van der Waals surface area contributed by atoms with E-state index in [0.29, 0.717) is 6.54 Å². The minimum Gasteiger partial charge on any atom is -0.324 e. The zero-order chi connectivity index (χ0) is 13.6. The summed E-state index contributed by atoms with van der Waals surface area (Å²) in [5.74, 6) is 0. The molecule has 0 bridgehead atoms. The fourth-order valence-corrected chi connectivity index (χ4v) is 3.28. The number of imidazole rings is 1. The molecule has 2 N–H and O–H groups in total. The van der Waals surface area contributed by atoms with Gasteiger partial charge in [0.1, 0.15) is 5.01 Å². The Morgan fingerprint density at radius 3 is 2.47 bits per heavy atom. The zero-order valence-corrected chi connectivity index (χ0v) is 12.1. The minimum atomic E-state index is 0.464. The molecule has 2 heterocycles. The van der Waals surface area contributed by atoms with Crippen molar-refractivity contribution in [3.05, 3.63) is 40.0 Å². The average Bonchev–Trinajstić information content (AvgIpc) is 2.84. The van der Waals surface area contributed by atoms with Crippen LogP contribution < -0.4 is 5.73 Å². The normalized spacial score (nSPS) is 11.4. The Labute approximate surface area is 115 Å². The molecule has 98 valence electrons. The maximum atomic E-state index is 5.59. The summed E-state index contributed by atoms with van der Waals surface area (Å²) in [5, 5.41) is 5.31. The van der Waals surface area contributed by atoms with E-state index >= 15 is 0 Å². The van der Waals surface area contributed by atoms with Crippen molar-refractivity contribution in [1.29, 1.82) is 0 Å². The third-order valence-electron chi connectivity index (χ3n) is 3.19. The first kappa shape index (κ1) is 12.3. The van der Waals surface area contributed by atoms with Crippen molar-refractivity contribution in [3.8, 4) is 11.3 Å². The molecular weight excluding hydrogens is 256 g/mol. The summed E-state index contributed by atoms with van der Waals surface area (Å²) in [5.41, 5.74) is 11.6. The number of rotatable bonds is 2. The lowest BCUT2D eigenvalue weighted by molar-refractivity contribution is 0.897. The first-order valence-corrected chi connectivity index (χ1v) is 7.03. The van der Waals surface area contributed by atoms with Gasteiger partial charge in [0, 0.05) is 12.1 Å². The molecule has 0 atom stereocenters. The van der Waals surface area contributed by atoms with Gasteiger partial charge < -0.3 is 5.73 Å². The standard InChI is InChI=1S/C14H16N4S/c1-8-4-9(2)13(10(3)5-8)11-7-18-14(16-11)19-12(6-15)17-18/h4-5,7H,6,15H2,1-3H3. The van der Waals surface area contributed by atoms with E-state index in [0.717, 1.165) is 15.7 Å². The number of nitrogens with two attached hydrogens (primary N) is 1. The smallest absolute Gasteiger partial charge is 0.212 e. The van der Waals surface area contributed by atoms with Gasteiger partial charge in [-0.25, -0.2) is 9.50 Å². The van der Waals surface area contributed by atoms with Crippen LogP contribution in [0.1, 0.15) is 21.7 Å². The summed E-state index contributed by atoms with van der Waals surface area (Å²) >= 11 is 1.54. The molecule has 0 saturated heterocycles. The Bertz CT molecular complexity index is 699.